The lowest BCUT2D eigenvalue weighted by atomic mass is 9.87. The van der Waals surface area contributed by atoms with E-state index in [4.69, 9.17) is 11.6 Å². The van der Waals surface area contributed by atoms with Gasteiger partial charge in [0.05, 0.1) is 0 Å². The summed E-state index contributed by atoms with van der Waals surface area (Å²) in [5.41, 5.74) is 7.22. The van der Waals surface area contributed by atoms with Gasteiger partial charge in [0.25, 0.3) is 0 Å². The maximum atomic E-state index is 10.4. The minimum Gasteiger partial charge on any atom is -0.508 e. The fourth-order valence-electron chi connectivity index (χ4n) is 9.58. The van der Waals surface area contributed by atoms with E-state index in [-0.39, 0.29) is 28.7 Å². The van der Waals surface area contributed by atoms with Crippen LogP contribution in [-0.2, 0) is 44.9 Å². The van der Waals surface area contributed by atoms with Crippen LogP contribution >= 0.6 is 11.6 Å². The van der Waals surface area contributed by atoms with Gasteiger partial charge < -0.3 is 51.9 Å². The van der Waals surface area contributed by atoms with E-state index in [0.717, 1.165) is 124 Å². The van der Waals surface area contributed by atoms with Crippen molar-refractivity contribution in [3.05, 3.63) is 141 Å². The number of hydrogen-bond acceptors (Lipinski definition) is 10. The van der Waals surface area contributed by atoms with Crippen molar-refractivity contribution in [1.29, 1.82) is 0 Å². The summed E-state index contributed by atoms with van der Waals surface area (Å²) in [6, 6.07) is 29.3. The Morgan fingerprint density at radius 3 is 1.31 bits per heavy atom. The van der Waals surface area contributed by atoms with Gasteiger partial charge in [0.15, 0.2) is 23.0 Å². The van der Waals surface area contributed by atoms with Gasteiger partial charge >= 0.3 is 0 Å². The van der Waals surface area contributed by atoms with Gasteiger partial charge in [-0.1, -0.05) is 118 Å². The minimum atomic E-state index is -0.0670. The maximum absolute atomic E-state index is 10.4. The lowest BCUT2D eigenvalue weighted by Crippen LogP contribution is -2.21. The molecule has 0 saturated heterocycles. The quantitative estimate of drug-likeness (QED) is 0.0148. The molecule has 0 amide bonds. The van der Waals surface area contributed by atoms with E-state index in [1.807, 2.05) is 60.7 Å². The molecule has 1 aliphatic carbocycles. The van der Waals surface area contributed by atoms with E-state index in [9.17, 15) is 30.6 Å². The molecular formula is C60H85ClN4O6. The van der Waals surface area contributed by atoms with Crippen LogP contribution in [0.2, 0.25) is 5.02 Å². The molecule has 11 heteroatoms. The van der Waals surface area contributed by atoms with Crippen LogP contribution in [0.25, 0.3) is 0 Å². The maximum Gasteiger partial charge on any atom is 0.160 e. The first-order valence-corrected chi connectivity index (χ1v) is 27.2. The molecule has 0 spiro atoms. The second-order valence-corrected chi connectivity index (χ2v) is 19.9. The number of hydrogen-bond donors (Lipinski definition) is 10. The molecule has 1 fully saturated rings. The first-order valence-electron chi connectivity index (χ1n) is 26.8. The highest BCUT2D eigenvalue weighted by Gasteiger charge is 2.15. The second kappa shape index (κ2) is 33.6. The summed E-state index contributed by atoms with van der Waals surface area (Å²) < 4.78 is 0. The van der Waals surface area contributed by atoms with Crippen LogP contribution in [0.5, 0.6) is 34.5 Å². The standard InChI is InChI=1S/C30H39ClN2O3.C30H46N2O3/c31-26-7-5-6-24(22-26)10-14-28-25(11-15-29(35)30(28)36)17-21-33-19-4-2-1-3-18-32-20-16-23-8-12-27(34)13-9-23;33-27-14-10-25(11-15-27)12-16-28-26(13-17-29(34)30(28)35)19-23-32-21-7-2-1-6-20-31-22-18-24-8-4-3-5-9-24/h5-9,11-13,15,22,32-36H,1-4,10,14,16-21H2;10-11,13-15,17,24,31-35H,1-9,12,16,18-23H2. The SMILES string of the molecule is Oc1ccc(CCNCCCCCCNCCc2ccc(O)c(O)c2CCc2cccc(Cl)c2)cc1.Oc1ccc(CCc2c(CCNCCCCCCNCCC3CCCCC3)ccc(O)c2O)cc1. The summed E-state index contributed by atoms with van der Waals surface area (Å²) in [7, 11) is 0. The number of halogens is 1. The lowest BCUT2D eigenvalue weighted by molar-refractivity contribution is 0.333. The second-order valence-electron chi connectivity index (χ2n) is 19.5. The molecule has 10 nitrogen and oxygen atoms in total. The number of nitrogens with one attached hydrogen (secondary N) is 4. The van der Waals surface area contributed by atoms with Crippen molar-refractivity contribution in [3.63, 3.8) is 0 Å². The average molecular weight is 994 g/mol. The Kier molecular flexibility index (Phi) is 27.0. The molecule has 0 radical (unpaired) electrons. The monoisotopic (exact) mass is 993 g/mol. The molecule has 5 aromatic rings. The van der Waals surface area contributed by atoms with Gasteiger partial charge in [-0.2, -0.15) is 0 Å². The fourth-order valence-corrected chi connectivity index (χ4v) is 9.80. The van der Waals surface area contributed by atoms with Crippen molar-refractivity contribution >= 4 is 11.6 Å². The molecule has 0 unspecified atom stereocenters. The first-order chi connectivity index (χ1) is 34.7. The first kappa shape index (κ1) is 56.9. The van der Waals surface area contributed by atoms with Crippen molar-refractivity contribution in [2.45, 2.75) is 135 Å². The molecular weight excluding hydrogens is 908 g/mol. The average Bonchev–Trinajstić information content (AvgIpc) is 3.37. The van der Waals surface area contributed by atoms with Crippen LogP contribution in [0, 0.1) is 5.92 Å². The summed E-state index contributed by atoms with van der Waals surface area (Å²) >= 11 is 6.09. The Labute approximate surface area is 430 Å². The van der Waals surface area contributed by atoms with E-state index in [1.165, 1.54) is 95.6 Å². The van der Waals surface area contributed by atoms with Crippen LogP contribution < -0.4 is 21.3 Å². The number of aryl methyl sites for hydroxylation is 2. The summed E-state index contributed by atoms with van der Waals surface area (Å²) in [4.78, 5) is 0. The summed E-state index contributed by atoms with van der Waals surface area (Å²) in [6.07, 6.45) is 23.7. The highest BCUT2D eigenvalue weighted by Crippen LogP contribution is 2.34. The van der Waals surface area contributed by atoms with Gasteiger partial charge in [-0.15, -0.1) is 0 Å². The molecule has 0 bridgehead atoms. The van der Waals surface area contributed by atoms with E-state index in [2.05, 4.69) is 21.3 Å². The topological polar surface area (TPSA) is 169 Å². The normalized spacial score (nSPS) is 12.7. The van der Waals surface area contributed by atoms with Crippen LogP contribution in [0.4, 0.5) is 0 Å². The largest absolute Gasteiger partial charge is 0.508 e. The number of phenolic OH excluding ortho intramolecular Hbond substituents is 6. The van der Waals surface area contributed by atoms with Crippen molar-refractivity contribution in [2.24, 2.45) is 5.92 Å². The smallest absolute Gasteiger partial charge is 0.160 e. The molecule has 0 heterocycles. The van der Waals surface area contributed by atoms with Crippen molar-refractivity contribution in [3.8, 4) is 34.5 Å². The molecule has 0 aliphatic heterocycles. The zero-order valence-electron chi connectivity index (χ0n) is 42.4. The van der Waals surface area contributed by atoms with E-state index < -0.39 is 0 Å². The third-order valence-electron chi connectivity index (χ3n) is 13.9. The molecule has 5 aromatic carbocycles. The van der Waals surface area contributed by atoms with Gasteiger partial charge in [-0.05, 0) is 212 Å². The molecule has 388 valence electrons. The lowest BCUT2D eigenvalue weighted by Gasteiger charge is -2.21. The predicted octanol–water partition coefficient (Wildman–Crippen LogP) is 11.6. The van der Waals surface area contributed by atoms with Crippen molar-refractivity contribution < 1.29 is 30.6 Å². The third-order valence-corrected chi connectivity index (χ3v) is 14.1. The highest BCUT2D eigenvalue weighted by atomic mass is 35.5. The Morgan fingerprint density at radius 2 is 0.831 bits per heavy atom. The van der Waals surface area contributed by atoms with Crippen molar-refractivity contribution in [2.75, 3.05) is 52.4 Å². The minimum absolute atomic E-state index is 0.00590. The molecule has 0 atom stereocenters. The van der Waals surface area contributed by atoms with Crippen molar-refractivity contribution in [1.82, 2.24) is 21.3 Å². The third kappa shape index (κ3) is 22.6. The van der Waals surface area contributed by atoms with E-state index in [0.29, 0.717) is 23.6 Å². The Balaban J connectivity index is 0.000000264. The van der Waals surface area contributed by atoms with Gasteiger partial charge in [0, 0.05) is 16.1 Å². The van der Waals surface area contributed by atoms with Gasteiger partial charge in [0.1, 0.15) is 11.5 Å². The molecule has 6 rings (SSSR count). The van der Waals surface area contributed by atoms with Gasteiger partial charge in [-0.25, -0.2) is 0 Å². The summed E-state index contributed by atoms with van der Waals surface area (Å²) in [5.74, 6) is 1.40. The Morgan fingerprint density at radius 1 is 0.394 bits per heavy atom. The van der Waals surface area contributed by atoms with Crippen LogP contribution in [0.1, 0.15) is 129 Å². The fraction of sp³-hybridized carbons (Fsp3) is 0.500. The van der Waals surface area contributed by atoms with Crippen LogP contribution in [-0.4, -0.2) is 83.0 Å². The molecule has 0 aromatic heterocycles. The number of phenols is 6. The van der Waals surface area contributed by atoms with Gasteiger partial charge in [0.2, 0.25) is 0 Å². The molecule has 71 heavy (non-hydrogen) atoms. The molecule has 10 N–H and O–H groups in total. The van der Waals surface area contributed by atoms with E-state index in [1.54, 1.807) is 36.4 Å². The van der Waals surface area contributed by atoms with Gasteiger partial charge in [-0.3, -0.25) is 0 Å². The predicted molar refractivity (Wildman–Crippen MR) is 293 cm³/mol. The summed E-state index contributed by atoms with van der Waals surface area (Å²) in [5, 5.41) is 74.5. The molecule has 1 aliphatic rings. The Bertz CT molecular complexity index is 2220. The zero-order valence-corrected chi connectivity index (χ0v) is 43.1. The van der Waals surface area contributed by atoms with Crippen LogP contribution in [0.3, 0.4) is 0 Å². The van der Waals surface area contributed by atoms with E-state index >= 15 is 0 Å². The number of aromatic hydroxyl groups is 6. The number of benzene rings is 5. The number of rotatable bonds is 32. The Hall–Kier alpha value is -4.97. The zero-order chi connectivity index (χ0) is 50.3. The number of unbranched alkanes of at least 4 members (excludes halogenated alkanes) is 6. The van der Waals surface area contributed by atoms with Crippen LogP contribution in [0.15, 0.2) is 97.1 Å². The summed E-state index contributed by atoms with van der Waals surface area (Å²) in [6.45, 7) is 8.03. The highest BCUT2D eigenvalue weighted by molar-refractivity contribution is 6.30. The molecule has 1 saturated carbocycles.